The Morgan fingerprint density at radius 2 is 1.90 bits per heavy atom. The maximum Gasteiger partial charge on any atom is 0.137 e. The van der Waals surface area contributed by atoms with E-state index in [2.05, 4.69) is 9.88 Å². The third-order valence-corrected chi connectivity index (χ3v) is 3.56. The molecule has 0 spiro atoms. The van der Waals surface area contributed by atoms with Gasteiger partial charge in [0.15, 0.2) is 0 Å². The van der Waals surface area contributed by atoms with E-state index in [9.17, 15) is 10.2 Å². The minimum absolute atomic E-state index is 0. The first-order valence-electron chi connectivity index (χ1n) is 6.54. The van der Waals surface area contributed by atoms with Gasteiger partial charge in [0, 0.05) is 18.2 Å². The molecule has 0 amide bonds. The quantitative estimate of drug-likeness (QED) is 0.848. The Morgan fingerprint density at radius 1 is 1.29 bits per heavy atom. The molecule has 0 radical (unpaired) electrons. The standard InChI is InChI=1S/C14H22N2O3.2ClH/c1-16(2)9-14(6-12(17)13(18)7-14)10-19-11-4-3-5-15-8-11;;/h3-5,8,12-13,17-18H,6-7,9-10H2,1-2H3;2*1H/t12-,13+,14?;;. The smallest absolute Gasteiger partial charge is 0.137 e. The molecule has 1 aromatic rings. The highest BCUT2D eigenvalue weighted by atomic mass is 35.5. The lowest BCUT2D eigenvalue weighted by Gasteiger charge is -2.31. The van der Waals surface area contributed by atoms with E-state index in [1.165, 1.54) is 0 Å². The molecular weight excluding hydrogens is 315 g/mol. The summed E-state index contributed by atoms with van der Waals surface area (Å²) in [6.45, 7) is 1.26. The fourth-order valence-corrected chi connectivity index (χ4v) is 2.88. The van der Waals surface area contributed by atoms with Gasteiger partial charge in [-0.05, 0) is 39.1 Å². The number of nitrogens with zero attached hydrogens (tertiary/aromatic N) is 2. The summed E-state index contributed by atoms with van der Waals surface area (Å²) in [6, 6.07) is 3.68. The van der Waals surface area contributed by atoms with Gasteiger partial charge in [0.1, 0.15) is 5.75 Å². The van der Waals surface area contributed by atoms with Gasteiger partial charge in [0.05, 0.1) is 25.0 Å². The lowest BCUT2D eigenvalue weighted by molar-refractivity contribution is 0.0438. The summed E-state index contributed by atoms with van der Waals surface area (Å²) in [5.41, 5.74) is -0.210. The first kappa shape index (κ1) is 20.4. The van der Waals surface area contributed by atoms with E-state index in [0.29, 0.717) is 19.4 Å². The predicted molar refractivity (Wildman–Crippen MR) is 86.5 cm³/mol. The van der Waals surface area contributed by atoms with Crippen LogP contribution in [0.4, 0.5) is 0 Å². The van der Waals surface area contributed by atoms with Gasteiger partial charge in [-0.15, -0.1) is 24.8 Å². The summed E-state index contributed by atoms with van der Waals surface area (Å²) in [5, 5.41) is 19.6. The topological polar surface area (TPSA) is 65.8 Å². The van der Waals surface area contributed by atoms with E-state index in [0.717, 1.165) is 12.3 Å². The maximum atomic E-state index is 9.81. The molecule has 1 fully saturated rings. The third-order valence-electron chi connectivity index (χ3n) is 3.56. The average molecular weight is 339 g/mol. The van der Waals surface area contributed by atoms with Crippen molar-refractivity contribution in [2.24, 2.45) is 5.41 Å². The molecule has 1 aromatic heterocycles. The van der Waals surface area contributed by atoms with Crippen molar-refractivity contribution in [3.05, 3.63) is 24.5 Å². The van der Waals surface area contributed by atoms with Crippen LogP contribution in [0.2, 0.25) is 0 Å². The molecule has 21 heavy (non-hydrogen) atoms. The van der Waals surface area contributed by atoms with Crippen LogP contribution in [0.3, 0.4) is 0 Å². The number of halogens is 2. The van der Waals surface area contributed by atoms with E-state index >= 15 is 0 Å². The molecule has 2 rings (SSSR count). The van der Waals surface area contributed by atoms with Crippen LogP contribution in [-0.2, 0) is 0 Å². The summed E-state index contributed by atoms with van der Waals surface area (Å²) in [4.78, 5) is 6.08. The zero-order valence-corrected chi connectivity index (χ0v) is 13.9. The molecule has 1 heterocycles. The van der Waals surface area contributed by atoms with Gasteiger partial charge in [0.2, 0.25) is 0 Å². The van der Waals surface area contributed by atoms with Gasteiger partial charge in [-0.3, -0.25) is 4.98 Å². The summed E-state index contributed by atoms with van der Waals surface area (Å²) >= 11 is 0. The largest absolute Gasteiger partial charge is 0.491 e. The van der Waals surface area contributed by atoms with Crippen LogP contribution in [0.1, 0.15) is 12.8 Å². The SMILES string of the molecule is CN(C)CC1(COc2cccnc2)C[C@@H](O)[C@@H](O)C1.Cl.Cl. The van der Waals surface area contributed by atoms with Gasteiger partial charge in [-0.2, -0.15) is 0 Å². The van der Waals surface area contributed by atoms with Crippen molar-refractivity contribution in [3.63, 3.8) is 0 Å². The molecule has 0 aromatic carbocycles. The van der Waals surface area contributed by atoms with Crippen LogP contribution in [0.25, 0.3) is 0 Å². The van der Waals surface area contributed by atoms with E-state index in [1.807, 2.05) is 26.2 Å². The van der Waals surface area contributed by atoms with E-state index in [-0.39, 0.29) is 30.2 Å². The Hall–Kier alpha value is -0.590. The number of aliphatic hydroxyl groups is 2. The summed E-state index contributed by atoms with van der Waals surface area (Å²) in [7, 11) is 3.98. The Kier molecular flexibility index (Phi) is 8.51. The third kappa shape index (κ3) is 5.60. The predicted octanol–water partition coefficient (Wildman–Crippen LogP) is 1.37. The van der Waals surface area contributed by atoms with Crippen molar-refractivity contribution < 1.29 is 14.9 Å². The molecule has 1 unspecified atom stereocenters. The Morgan fingerprint density at radius 3 is 2.38 bits per heavy atom. The molecule has 0 aliphatic heterocycles. The Labute approximate surface area is 138 Å². The zero-order chi connectivity index (χ0) is 13.9. The second-order valence-electron chi connectivity index (χ2n) is 5.76. The number of aromatic nitrogens is 1. The molecular formula is C14H24Cl2N2O3. The highest BCUT2D eigenvalue weighted by Crippen LogP contribution is 2.39. The van der Waals surface area contributed by atoms with E-state index in [4.69, 9.17) is 4.74 Å². The molecule has 1 aliphatic rings. The normalized spacial score (nSPS) is 27.9. The summed E-state index contributed by atoms with van der Waals surface area (Å²) in [6.07, 6.45) is 3.19. The fourth-order valence-electron chi connectivity index (χ4n) is 2.88. The van der Waals surface area contributed by atoms with E-state index < -0.39 is 12.2 Å². The number of pyridine rings is 1. The van der Waals surface area contributed by atoms with Gasteiger partial charge in [-0.1, -0.05) is 0 Å². The molecule has 2 N–H and O–H groups in total. The molecule has 0 saturated heterocycles. The van der Waals surface area contributed by atoms with Crippen molar-refractivity contribution >= 4 is 24.8 Å². The number of aliphatic hydroxyl groups excluding tert-OH is 2. The zero-order valence-electron chi connectivity index (χ0n) is 12.3. The van der Waals surface area contributed by atoms with Crippen LogP contribution in [0.15, 0.2) is 24.5 Å². The molecule has 7 heteroatoms. The average Bonchev–Trinajstić information content (AvgIpc) is 2.63. The summed E-state index contributed by atoms with van der Waals surface area (Å²) in [5.74, 6) is 0.719. The van der Waals surface area contributed by atoms with Gasteiger partial charge < -0.3 is 19.8 Å². The molecule has 1 aliphatic carbocycles. The molecule has 3 atom stereocenters. The highest BCUT2D eigenvalue weighted by Gasteiger charge is 2.45. The minimum Gasteiger partial charge on any atom is -0.491 e. The van der Waals surface area contributed by atoms with Crippen molar-refractivity contribution in [1.29, 1.82) is 0 Å². The van der Waals surface area contributed by atoms with Crippen molar-refractivity contribution in [3.8, 4) is 5.75 Å². The maximum absolute atomic E-state index is 9.81. The minimum atomic E-state index is -0.655. The number of hydrogen-bond acceptors (Lipinski definition) is 5. The van der Waals surface area contributed by atoms with Crippen LogP contribution >= 0.6 is 24.8 Å². The van der Waals surface area contributed by atoms with E-state index in [1.54, 1.807) is 12.4 Å². The monoisotopic (exact) mass is 338 g/mol. The second-order valence-corrected chi connectivity index (χ2v) is 5.76. The van der Waals surface area contributed by atoms with Crippen LogP contribution in [0.5, 0.6) is 5.75 Å². The number of hydrogen-bond donors (Lipinski definition) is 2. The Bertz CT molecular complexity index is 391. The first-order valence-corrected chi connectivity index (χ1v) is 6.54. The fraction of sp³-hybridized carbons (Fsp3) is 0.643. The molecule has 5 nitrogen and oxygen atoms in total. The van der Waals surface area contributed by atoms with Gasteiger partial charge in [-0.25, -0.2) is 0 Å². The van der Waals surface area contributed by atoms with Crippen LogP contribution < -0.4 is 4.74 Å². The first-order chi connectivity index (χ1) is 9.01. The number of ether oxygens (including phenoxy) is 1. The van der Waals surface area contributed by atoms with Crippen molar-refractivity contribution in [2.45, 2.75) is 25.0 Å². The van der Waals surface area contributed by atoms with Gasteiger partial charge >= 0.3 is 0 Å². The molecule has 122 valence electrons. The second kappa shape index (κ2) is 8.76. The van der Waals surface area contributed by atoms with Crippen LogP contribution in [-0.4, -0.2) is 59.6 Å². The summed E-state index contributed by atoms with van der Waals surface area (Å²) < 4.78 is 5.78. The lowest BCUT2D eigenvalue weighted by atomic mass is 9.86. The lowest BCUT2D eigenvalue weighted by Crippen LogP contribution is -2.37. The van der Waals surface area contributed by atoms with Crippen LogP contribution in [0, 0.1) is 5.41 Å². The Balaban J connectivity index is 0.00000200. The van der Waals surface area contributed by atoms with Gasteiger partial charge in [0.25, 0.3) is 0 Å². The van der Waals surface area contributed by atoms with Crippen molar-refractivity contribution in [1.82, 2.24) is 9.88 Å². The highest BCUT2D eigenvalue weighted by molar-refractivity contribution is 5.85. The van der Waals surface area contributed by atoms with Crippen molar-refractivity contribution in [2.75, 3.05) is 27.2 Å². The molecule has 0 bridgehead atoms. The number of rotatable bonds is 5. The molecule has 1 saturated carbocycles.